The van der Waals surface area contributed by atoms with Crippen LogP contribution in [0.5, 0.6) is 0 Å². The largest absolute Gasteiger partial charge is 0.296 e. The Hall–Kier alpha value is -0.920. The predicted molar refractivity (Wildman–Crippen MR) is 37.7 cm³/mol. The zero-order valence-corrected chi connectivity index (χ0v) is 5.20. The molecule has 0 fully saturated rings. The summed E-state index contributed by atoms with van der Waals surface area (Å²) in [4.78, 5) is 7.53. The molecule has 0 aliphatic heterocycles. The quantitative estimate of drug-likeness (QED) is 0.478. The average molecular weight is 110 g/mol. The molecule has 0 aromatic rings. The van der Waals surface area contributed by atoms with Crippen LogP contribution in [0.1, 0.15) is 6.92 Å². The number of aliphatic imine (C=N–C) groups is 2. The SMILES string of the molecule is C\C=N/C=C\C=N/C. The lowest BCUT2D eigenvalue weighted by atomic mass is 10.6. The molecule has 0 heterocycles. The highest BCUT2D eigenvalue weighted by Crippen LogP contribution is 1.68. The van der Waals surface area contributed by atoms with Crippen LogP contribution in [0, 0.1) is 0 Å². The van der Waals surface area contributed by atoms with Crippen LogP contribution in [0.25, 0.3) is 0 Å². The lowest BCUT2D eigenvalue weighted by Crippen LogP contribution is -1.60. The predicted octanol–water partition coefficient (Wildman–Crippen LogP) is 1.29. The molecule has 2 heteroatoms. The zero-order chi connectivity index (χ0) is 6.24. The highest BCUT2D eigenvalue weighted by molar-refractivity contribution is 5.71. The first-order valence-corrected chi connectivity index (χ1v) is 2.47. The van der Waals surface area contributed by atoms with Crippen LogP contribution in [0.15, 0.2) is 22.3 Å². The minimum Gasteiger partial charge on any atom is -0.296 e. The molecule has 0 saturated carbocycles. The fourth-order valence-corrected chi connectivity index (χ4v) is 0.260. The second-order valence-corrected chi connectivity index (χ2v) is 1.16. The smallest absolute Gasteiger partial charge is 0.0278 e. The number of rotatable bonds is 2. The maximum atomic E-state index is 3.81. The van der Waals surface area contributed by atoms with E-state index in [0.717, 1.165) is 0 Å². The molecule has 0 atom stereocenters. The van der Waals surface area contributed by atoms with Gasteiger partial charge in [0.15, 0.2) is 0 Å². The molecule has 2 nitrogen and oxygen atoms in total. The molecule has 44 valence electrons. The van der Waals surface area contributed by atoms with Crippen molar-refractivity contribution in [2.45, 2.75) is 6.92 Å². The Bertz CT molecular complexity index is 97.7. The lowest BCUT2D eigenvalue weighted by molar-refractivity contribution is 1.47. The normalized spacial score (nSPS) is 12.8. The van der Waals surface area contributed by atoms with Crippen molar-refractivity contribution in [2.24, 2.45) is 9.98 Å². The number of hydrogen-bond acceptors (Lipinski definition) is 2. The van der Waals surface area contributed by atoms with Crippen molar-refractivity contribution >= 4 is 12.4 Å². The molecule has 0 aliphatic carbocycles. The molecule has 8 heavy (non-hydrogen) atoms. The second kappa shape index (κ2) is 6.08. The van der Waals surface area contributed by atoms with Crippen molar-refractivity contribution in [2.75, 3.05) is 7.05 Å². The van der Waals surface area contributed by atoms with E-state index in [9.17, 15) is 0 Å². The third kappa shape index (κ3) is 5.08. The van der Waals surface area contributed by atoms with Gasteiger partial charge < -0.3 is 0 Å². The Kier molecular flexibility index (Phi) is 5.38. The summed E-state index contributed by atoms with van der Waals surface area (Å²) in [6.45, 7) is 1.87. The van der Waals surface area contributed by atoms with Gasteiger partial charge in [-0.25, -0.2) is 0 Å². The van der Waals surface area contributed by atoms with E-state index in [1.165, 1.54) is 0 Å². The second-order valence-electron chi connectivity index (χ2n) is 1.16. The third-order valence-corrected chi connectivity index (χ3v) is 0.556. The molecular weight excluding hydrogens is 100 g/mol. The first-order valence-electron chi connectivity index (χ1n) is 2.47. The molecular formula is C6H10N2. The van der Waals surface area contributed by atoms with Crippen molar-refractivity contribution in [3.05, 3.63) is 12.3 Å². The van der Waals surface area contributed by atoms with Crippen LogP contribution in [0.2, 0.25) is 0 Å². The van der Waals surface area contributed by atoms with Crippen LogP contribution in [0.3, 0.4) is 0 Å². The molecule has 0 amide bonds. The molecule has 0 rings (SSSR count). The highest BCUT2D eigenvalue weighted by atomic mass is 14.7. The van der Waals surface area contributed by atoms with E-state index in [1.807, 2.05) is 6.92 Å². The average Bonchev–Trinajstić information content (AvgIpc) is 1.81. The molecule has 0 unspecified atom stereocenters. The van der Waals surface area contributed by atoms with Crippen molar-refractivity contribution in [1.82, 2.24) is 0 Å². The van der Waals surface area contributed by atoms with Crippen molar-refractivity contribution in [3.8, 4) is 0 Å². The summed E-state index contributed by atoms with van der Waals surface area (Å²) in [6, 6.07) is 0. The summed E-state index contributed by atoms with van der Waals surface area (Å²) in [5, 5.41) is 0. The van der Waals surface area contributed by atoms with E-state index < -0.39 is 0 Å². The first-order chi connectivity index (χ1) is 3.91. The standard InChI is InChI=1S/C6H10N2/c1-3-8-6-4-5-7-2/h3-6H,1-2H3/b6-4-,7-5-,8-3-. The van der Waals surface area contributed by atoms with Crippen LogP contribution >= 0.6 is 0 Å². The van der Waals surface area contributed by atoms with Gasteiger partial charge in [0.1, 0.15) is 0 Å². The van der Waals surface area contributed by atoms with Gasteiger partial charge in [-0.15, -0.1) is 0 Å². The molecule has 0 radical (unpaired) electrons. The monoisotopic (exact) mass is 110 g/mol. The van der Waals surface area contributed by atoms with Gasteiger partial charge in [0.2, 0.25) is 0 Å². The van der Waals surface area contributed by atoms with E-state index in [1.54, 1.807) is 31.8 Å². The van der Waals surface area contributed by atoms with E-state index in [2.05, 4.69) is 9.98 Å². The van der Waals surface area contributed by atoms with Gasteiger partial charge in [0, 0.05) is 25.7 Å². The lowest BCUT2D eigenvalue weighted by Gasteiger charge is -1.69. The summed E-state index contributed by atoms with van der Waals surface area (Å²) in [6.07, 6.45) is 6.88. The summed E-state index contributed by atoms with van der Waals surface area (Å²) >= 11 is 0. The van der Waals surface area contributed by atoms with Crippen LogP contribution < -0.4 is 0 Å². The minimum atomic E-state index is 1.69. The maximum absolute atomic E-state index is 3.81. The van der Waals surface area contributed by atoms with Crippen LogP contribution in [-0.2, 0) is 0 Å². The minimum absolute atomic E-state index is 1.69. The molecule has 0 aromatic carbocycles. The topological polar surface area (TPSA) is 24.7 Å². The van der Waals surface area contributed by atoms with Crippen LogP contribution in [0.4, 0.5) is 0 Å². The third-order valence-electron chi connectivity index (χ3n) is 0.556. The molecule has 0 aromatic heterocycles. The zero-order valence-electron chi connectivity index (χ0n) is 5.20. The molecule has 0 aliphatic rings. The Labute approximate surface area is 49.7 Å². The van der Waals surface area contributed by atoms with Gasteiger partial charge in [0.25, 0.3) is 0 Å². The summed E-state index contributed by atoms with van der Waals surface area (Å²) < 4.78 is 0. The Balaban J connectivity index is 3.35. The van der Waals surface area contributed by atoms with Crippen molar-refractivity contribution < 1.29 is 0 Å². The highest BCUT2D eigenvalue weighted by Gasteiger charge is 1.56. The van der Waals surface area contributed by atoms with E-state index >= 15 is 0 Å². The van der Waals surface area contributed by atoms with Crippen molar-refractivity contribution in [1.29, 1.82) is 0 Å². The molecule has 0 bridgehead atoms. The van der Waals surface area contributed by atoms with Gasteiger partial charge >= 0.3 is 0 Å². The van der Waals surface area contributed by atoms with Gasteiger partial charge in [-0.3, -0.25) is 9.98 Å². The van der Waals surface area contributed by atoms with Gasteiger partial charge in [0.05, 0.1) is 0 Å². The number of allylic oxidation sites excluding steroid dienone is 1. The van der Waals surface area contributed by atoms with E-state index in [0.29, 0.717) is 0 Å². The van der Waals surface area contributed by atoms with Gasteiger partial charge in [-0.1, -0.05) is 0 Å². The summed E-state index contributed by atoms with van der Waals surface area (Å²) in [7, 11) is 1.72. The Morgan fingerprint density at radius 2 is 2.12 bits per heavy atom. The van der Waals surface area contributed by atoms with Crippen LogP contribution in [-0.4, -0.2) is 19.5 Å². The fourth-order valence-electron chi connectivity index (χ4n) is 0.260. The molecule has 0 N–H and O–H groups in total. The Morgan fingerprint density at radius 3 is 2.62 bits per heavy atom. The summed E-state index contributed by atoms with van der Waals surface area (Å²) in [5.41, 5.74) is 0. The fraction of sp³-hybridized carbons (Fsp3) is 0.333. The van der Waals surface area contributed by atoms with Gasteiger partial charge in [-0.2, -0.15) is 0 Å². The Morgan fingerprint density at radius 1 is 1.38 bits per heavy atom. The summed E-state index contributed by atoms with van der Waals surface area (Å²) in [5.74, 6) is 0. The maximum Gasteiger partial charge on any atom is 0.0278 e. The van der Waals surface area contributed by atoms with Crippen molar-refractivity contribution in [3.63, 3.8) is 0 Å². The van der Waals surface area contributed by atoms with Gasteiger partial charge in [-0.05, 0) is 13.0 Å². The number of nitrogens with zero attached hydrogens (tertiary/aromatic N) is 2. The molecule has 0 saturated heterocycles. The molecule has 0 spiro atoms. The van der Waals surface area contributed by atoms with E-state index in [4.69, 9.17) is 0 Å². The number of hydrogen-bond donors (Lipinski definition) is 0. The van der Waals surface area contributed by atoms with E-state index in [-0.39, 0.29) is 0 Å². The first kappa shape index (κ1) is 7.08.